The van der Waals surface area contributed by atoms with Crippen molar-refractivity contribution in [3.05, 3.63) is 11.6 Å². The van der Waals surface area contributed by atoms with Crippen LogP contribution in [0.4, 0.5) is 0 Å². The standard InChI is InChI=1S/C29H50O/c1-7-21(19(2)3)9-8-20(4)25-12-13-26-24-11-10-22-18-23(30)14-16-28(22,5)27(24)15-17-29(25,26)6/h7,19-20,22-27,30H,8-18H2,1-6H3/b21-7+/t20-,22+,23-,24+,25-,26+,27+,28+,29-/m1/s1. The lowest BCUT2D eigenvalue weighted by Crippen LogP contribution is -2.54. The summed E-state index contributed by atoms with van der Waals surface area (Å²) in [7, 11) is 0. The van der Waals surface area contributed by atoms with Gasteiger partial charge >= 0.3 is 0 Å². The lowest BCUT2D eigenvalue weighted by atomic mass is 9.44. The van der Waals surface area contributed by atoms with Crippen LogP contribution in [-0.2, 0) is 0 Å². The first-order valence-corrected chi connectivity index (χ1v) is 13.5. The molecule has 0 radical (unpaired) electrons. The van der Waals surface area contributed by atoms with Crippen molar-refractivity contribution in [1.29, 1.82) is 0 Å². The molecule has 9 atom stereocenters. The van der Waals surface area contributed by atoms with E-state index in [9.17, 15) is 5.11 Å². The molecule has 0 saturated heterocycles. The van der Waals surface area contributed by atoms with Crippen molar-refractivity contribution in [1.82, 2.24) is 0 Å². The van der Waals surface area contributed by atoms with Crippen molar-refractivity contribution in [3.8, 4) is 0 Å². The maximum atomic E-state index is 10.3. The van der Waals surface area contributed by atoms with E-state index in [1.54, 1.807) is 5.57 Å². The van der Waals surface area contributed by atoms with Gasteiger partial charge in [0.15, 0.2) is 0 Å². The molecule has 0 aromatic heterocycles. The van der Waals surface area contributed by atoms with Gasteiger partial charge in [0.25, 0.3) is 0 Å². The molecule has 0 amide bonds. The fraction of sp³-hybridized carbons (Fsp3) is 0.931. The normalized spacial score (nSPS) is 47.5. The second-order valence-corrected chi connectivity index (χ2v) is 12.8. The summed E-state index contributed by atoms with van der Waals surface area (Å²) in [6, 6.07) is 0. The van der Waals surface area contributed by atoms with E-state index < -0.39 is 0 Å². The zero-order valence-corrected chi connectivity index (χ0v) is 20.9. The molecule has 0 unspecified atom stereocenters. The molecule has 172 valence electrons. The highest BCUT2D eigenvalue weighted by atomic mass is 16.3. The van der Waals surface area contributed by atoms with Gasteiger partial charge in [-0.1, -0.05) is 46.3 Å². The monoisotopic (exact) mass is 414 g/mol. The number of fused-ring (bicyclic) bond motifs is 5. The Kier molecular flexibility index (Phi) is 6.53. The minimum Gasteiger partial charge on any atom is -0.393 e. The molecule has 0 bridgehead atoms. The summed E-state index contributed by atoms with van der Waals surface area (Å²) < 4.78 is 0. The van der Waals surface area contributed by atoms with Gasteiger partial charge in [-0.05, 0) is 130 Å². The number of rotatable bonds is 5. The molecule has 4 aliphatic rings. The highest BCUT2D eigenvalue weighted by molar-refractivity contribution is 5.10. The van der Waals surface area contributed by atoms with E-state index in [2.05, 4.69) is 47.6 Å². The average Bonchev–Trinajstić information content (AvgIpc) is 3.06. The summed E-state index contributed by atoms with van der Waals surface area (Å²) in [6.45, 7) is 14.9. The van der Waals surface area contributed by atoms with Gasteiger partial charge in [0.2, 0.25) is 0 Å². The molecule has 0 aliphatic heterocycles. The van der Waals surface area contributed by atoms with Gasteiger partial charge in [-0.2, -0.15) is 0 Å². The van der Waals surface area contributed by atoms with Gasteiger partial charge in [0, 0.05) is 0 Å². The van der Waals surface area contributed by atoms with Crippen molar-refractivity contribution >= 4 is 0 Å². The maximum absolute atomic E-state index is 10.3. The zero-order valence-electron chi connectivity index (χ0n) is 20.9. The first-order chi connectivity index (χ1) is 14.2. The molecule has 4 saturated carbocycles. The van der Waals surface area contributed by atoms with Gasteiger partial charge in [-0.3, -0.25) is 0 Å². The van der Waals surface area contributed by atoms with E-state index in [1.165, 1.54) is 57.8 Å². The van der Waals surface area contributed by atoms with Gasteiger partial charge in [0.05, 0.1) is 6.10 Å². The van der Waals surface area contributed by atoms with Crippen LogP contribution in [0, 0.1) is 52.3 Å². The van der Waals surface area contributed by atoms with Crippen LogP contribution in [0.2, 0.25) is 0 Å². The topological polar surface area (TPSA) is 20.2 Å². The van der Waals surface area contributed by atoms with Crippen LogP contribution >= 0.6 is 0 Å². The molecule has 1 heteroatoms. The highest BCUT2D eigenvalue weighted by Crippen LogP contribution is 2.68. The predicted molar refractivity (Wildman–Crippen MR) is 128 cm³/mol. The van der Waals surface area contributed by atoms with Crippen LogP contribution in [0.5, 0.6) is 0 Å². The molecule has 30 heavy (non-hydrogen) atoms. The Morgan fingerprint density at radius 1 is 0.933 bits per heavy atom. The van der Waals surface area contributed by atoms with E-state index in [0.717, 1.165) is 48.3 Å². The van der Waals surface area contributed by atoms with Crippen molar-refractivity contribution < 1.29 is 5.11 Å². The smallest absolute Gasteiger partial charge is 0.0543 e. The Labute approximate surface area is 187 Å². The van der Waals surface area contributed by atoms with Gasteiger partial charge in [0.1, 0.15) is 0 Å². The lowest BCUT2D eigenvalue weighted by Gasteiger charge is -2.61. The van der Waals surface area contributed by atoms with Gasteiger partial charge in [-0.25, -0.2) is 0 Å². The number of hydrogen-bond donors (Lipinski definition) is 1. The molecule has 4 aliphatic carbocycles. The first kappa shape index (κ1) is 22.9. The molecule has 0 heterocycles. The largest absolute Gasteiger partial charge is 0.393 e. The fourth-order valence-corrected chi connectivity index (χ4v) is 9.57. The van der Waals surface area contributed by atoms with E-state index in [4.69, 9.17) is 0 Å². The number of allylic oxidation sites excluding steroid dienone is 2. The second-order valence-electron chi connectivity index (χ2n) is 12.8. The van der Waals surface area contributed by atoms with Crippen LogP contribution in [0.15, 0.2) is 11.6 Å². The Bertz CT molecular complexity index is 634. The highest BCUT2D eigenvalue weighted by Gasteiger charge is 2.60. The third kappa shape index (κ3) is 3.74. The molecule has 1 N–H and O–H groups in total. The Hall–Kier alpha value is -0.300. The van der Waals surface area contributed by atoms with E-state index in [-0.39, 0.29) is 6.10 Å². The maximum Gasteiger partial charge on any atom is 0.0543 e. The van der Waals surface area contributed by atoms with Gasteiger partial charge < -0.3 is 5.11 Å². The van der Waals surface area contributed by atoms with Crippen molar-refractivity contribution in [2.75, 3.05) is 0 Å². The Morgan fingerprint density at radius 3 is 2.33 bits per heavy atom. The van der Waals surface area contributed by atoms with Crippen LogP contribution in [-0.4, -0.2) is 11.2 Å². The number of aliphatic hydroxyl groups excluding tert-OH is 1. The van der Waals surface area contributed by atoms with Gasteiger partial charge in [-0.15, -0.1) is 0 Å². The first-order valence-electron chi connectivity index (χ1n) is 13.5. The third-order valence-electron chi connectivity index (χ3n) is 11.4. The molecular formula is C29H50O. The second kappa shape index (κ2) is 8.57. The lowest BCUT2D eigenvalue weighted by molar-refractivity contribution is -0.129. The quantitative estimate of drug-likeness (QED) is 0.451. The molecule has 4 fully saturated rings. The van der Waals surface area contributed by atoms with Crippen LogP contribution in [0.1, 0.15) is 112 Å². The summed E-state index contributed by atoms with van der Waals surface area (Å²) in [5.41, 5.74) is 2.77. The summed E-state index contributed by atoms with van der Waals surface area (Å²) >= 11 is 0. The minimum atomic E-state index is -0.0157. The van der Waals surface area contributed by atoms with Crippen LogP contribution in [0.25, 0.3) is 0 Å². The Morgan fingerprint density at radius 2 is 1.63 bits per heavy atom. The third-order valence-corrected chi connectivity index (χ3v) is 11.4. The molecule has 4 rings (SSSR count). The SMILES string of the molecule is C/C=C(\CC[C@@H](C)[C@H]1CC[C@H]2[C@@H]3CC[C@H]4C[C@H](O)CC[C@]4(C)[C@H]3CC[C@]12C)C(C)C. The molecular weight excluding hydrogens is 364 g/mol. The predicted octanol–water partition coefficient (Wildman–Crippen LogP) is 8.02. The molecule has 1 nitrogen and oxygen atoms in total. The van der Waals surface area contributed by atoms with E-state index in [0.29, 0.717) is 16.7 Å². The average molecular weight is 415 g/mol. The van der Waals surface area contributed by atoms with Crippen molar-refractivity contribution in [3.63, 3.8) is 0 Å². The minimum absolute atomic E-state index is 0.0157. The van der Waals surface area contributed by atoms with E-state index >= 15 is 0 Å². The molecule has 0 aromatic carbocycles. The molecule has 0 aromatic rings. The summed E-state index contributed by atoms with van der Waals surface area (Å²) in [5.74, 6) is 6.17. The van der Waals surface area contributed by atoms with Crippen LogP contribution < -0.4 is 0 Å². The summed E-state index contributed by atoms with van der Waals surface area (Å²) in [5, 5.41) is 10.3. The zero-order chi connectivity index (χ0) is 21.7. The number of aliphatic hydroxyl groups is 1. The summed E-state index contributed by atoms with van der Waals surface area (Å²) in [4.78, 5) is 0. The van der Waals surface area contributed by atoms with Crippen molar-refractivity contribution in [2.24, 2.45) is 52.3 Å². The molecule has 0 spiro atoms. The number of hydrogen-bond acceptors (Lipinski definition) is 1. The Balaban J connectivity index is 1.46. The fourth-order valence-electron chi connectivity index (χ4n) is 9.57. The summed E-state index contributed by atoms with van der Waals surface area (Å²) in [6.07, 6.45) is 17.2. The van der Waals surface area contributed by atoms with E-state index in [1.807, 2.05) is 0 Å². The van der Waals surface area contributed by atoms with Crippen LogP contribution in [0.3, 0.4) is 0 Å². The van der Waals surface area contributed by atoms with Crippen molar-refractivity contribution in [2.45, 2.75) is 118 Å².